The van der Waals surface area contributed by atoms with E-state index in [0.717, 1.165) is 4.88 Å². The van der Waals surface area contributed by atoms with Crippen LogP contribution in [0.2, 0.25) is 0 Å². The number of benzene rings is 2. The highest BCUT2D eigenvalue weighted by Crippen LogP contribution is 2.40. The maximum atomic E-state index is 12.8. The van der Waals surface area contributed by atoms with Crippen molar-refractivity contribution in [2.45, 2.75) is 6.92 Å². The van der Waals surface area contributed by atoms with Gasteiger partial charge in [0.25, 0.3) is 0 Å². The molecule has 0 fully saturated rings. The molecule has 4 rings (SSSR count). The number of hydrogen-bond acceptors (Lipinski definition) is 8. The minimum Gasteiger partial charge on any atom is -0.493 e. The Morgan fingerprint density at radius 1 is 1.03 bits per heavy atom. The van der Waals surface area contributed by atoms with Crippen LogP contribution in [0.3, 0.4) is 0 Å². The van der Waals surface area contributed by atoms with Gasteiger partial charge in [-0.05, 0) is 42.1 Å². The van der Waals surface area contributed by atoms with Crippen LogP contribution in [-0.4, -0.2) is 33.1 Å². The number of aryl methyl sites for hydroxylation is 1. The van der Waals surface area contributed by atoms with Gasteiger partial charge in [-0.25, -0.2) is 4.79 Å². The van der Waals surface area contributed by atoms with Gasteiger partial charge in [-0.3, -0.25) is 4.79 Å². The zero-order valence-electron chi connectivity index (χ0n) is 17.9. The second-order valence-corrected chi connectivity index (χ2v) is 7.85. The molecular weight excluding hydrogens is 432 g/mol. The average molecular weight is 452 g/mol. The Labute approximate surface area is 188 Å². The molecule has 0 spiro atoms. The molecule has 1 aliphatic heterocycles. The molecular formula is C24H20O7S. The first kappa shape index (κ1) is 21.5. The average Bonchev–Trinajstić information content (AvgIpc) is 3.40. The number of allylic oxidation sites excluding steroid dienone is 1. The lowest BCUT2D eigenvalue weighted by Gasteiger charge is -2.14. The zero-order valence-corrected chi connectivity index (χ0v) is 18.7. The van der Waals surface area contributed by atoms with Gasteiger partial charge in [-0.2, -0.15) is 0 Å². The molecule has 32 heavy (non-hydrogen) atoms. The molecule has 0 bridgehead atoms. The molecule has 1 aliphatic rings. The quantitative estimate of drug-likeness (QED) is 0.298. The number of Topliss-reactive ketones (excluding diaryl/α,β-unsaturated/α-hetero) is 1. The van der Waals surface area contributed by atoms with Gasteiger partial charge in [-0.15, -0.1) is 11.3 Å². The first-order chi connectivity index (χ1) is 15.4. The van der Waals surface area contributed by atoms with Crippen LogP contribution < -0.4 is 23.7 Å². The van der Waals surface area contributed by atoms with Gasteiger partial charge in [0.1, 0.15) is 11.5 Å². The molecule has 0 radical (unpaired) electrons. The van der Waals surface area contributed by atoms with E-state index in [0.29, 0.717) is 34.1 Å². The second kappa shape index (κ2) is 8.76. The first-order valence-electron chi connectivity index (χ1n) is 9.59. The smallest absolute Gasteiger partial charge is 0.343 e. The summed E-state index contributed by atoms with van der Waals surface area (Å²) >= 11 is 1.51. The largest absolute Gasteiger partial charge is 0.493 e. The highest BCUT2D eigenvalue weighted by atomic mass is 32.1. The molecule has 0 N–H and O–H groups in total. The number of thiophene rings is 1. The lowest BCUT2D eigenvalue weighted by Crippen LogP contribution is -2.10. The summed E-state index contributed by atoms with van der Waals surface area (Å²) in [5.74, 6) is 1.06. The summed E-state index contributed by atoms with van der Waals surface area (Å²) in [6.45, 7) is 1.77. The van der Waals surface area contributed by atoms with Crippen molar-refractivity contribution in [1.82, 2.24) is 0 Å². The van der Waals surface area contributed by atoms with Gasteiger partial charge in [0.15, 0.2) is 17.3 Å². The van der Waals surface area contributed by atoms with Crippen LogP contribution in [0.25, 0.3) is 6.08 Å². The fourth-order valence-electron chi connectivity index (χ4n) is 3.40. The van der Waals surface area contributed by atoms with Crippen LogP contribution in [0.5, 0.6) is 28.7 Å². The van der Waals surface area contributed by atoms with Crippen molar-refractivity contribution in [3.8, 4) is 28.7 Å². The molecule has 0 unspecified atom stereocenters. The number of rotatable bonds is 6. The highest BCUT2D eigenvalue weighted by Gasteiger charge is 2.30. The third-order valence-electron chi connectivity index (χ3n) is 4.87. The Balaban J connectivity index is 1.62. The van der Waals surface area contributed by atoms with E-state index in [1.165, 1.54) is 50.9 Å². The molecule has 8 heteroatoms. The molecule has 1 aromatic heterocycles. The molecule has 0 aliphatic carbocycles. The Morgan fingerprint density at radius 3 is 2.34 bits per heavy atom. The van der Waals surface area contributed by atoms with Crippen LogP contribution in [0.1, 0.15) is 31.2 Å². The molecule has 0 atom stereocenters. The van der Waals surface area contributed by atoms with E-state index >= 15 is 0 Å². The van der Waals surface area contributed by atoms with Gasteiger partial charge in [0.2, 0.25) is 11.5 Å². The van der Waals surface area contributed by atoms with Crippen LogP contribution in [0.4, 0.5) is 0 Å². The van der Waals surface area contributed by atoms with Crippen LogP contribution in [0, 0.1) is 6.92 Å². The summed E-state index contributed by atoms with van der Waals surface area (Å²) in [4.78, 5) is 26.5. The molecule has 0 saturated heterocycles. The lowest BCUT2D eigenvalue weighted by molar-refractivity contribution is 0.0733. The number of ether oxygens (including phenoxy) is 5. The summed E-state index contributed by atoms with van der Waals surface area (Å²) < 4.78 is 27.2. The second-order valence-electron chi connectivity index (χ2n) is 6.87. The Hall–Kier alpha value is -3.78. The van der Waals surface area contributed by atoms with Crippen molar-refractivity contribution < 1.29 is 33.3 Å². The number of fused-ring (bicyclic) bond motifs is 1. The summed E-state index contributed by atoms with van der Waals surface area (Å²) in [6, 6.07) is 9.97. The van der Waals surface area contributed by atoms with Crippen molar-refractivity contribution in [2.75, 3.05) is 21.3 Å². The van der Waals surface area contributed by atoms with E-state index in [4.69, 9.17) is 23.7 Å². The van der Waals surface area contributed by atoms with Gasteiger partial charge < -0.3 is 23.7 Å². The standard InChI is InChI=1S/C24H20O7S/c1-13-8-15(11-17-21(13)22(25)18(31-17)12-16-6-5-7-32-16)30-24(26)14-9-19(27-2)23(29-4)20(10-14)28-3/h5-12H,1-4H3/b18-12-. The monoisotopic (exact) mass is 452 g/mol. The van der Waals surface area contributed by atoms with Crippen LogP contribution in [0.15, 0.2) is 47.5 Å². The number of hydrogen-bond donors (Lipinski definition) is 0. The van der Waals surface area contributed by atoms with Gasteiger partial charge in [0, 0.05) is 17.0 Å². The van der Waals surface area contributed by atoms with Crippen molar-refractivity contribution in [1.29, 1.82) is 0 Å². The molecule has 2 heterocycles. The van der Waals surface area contributed by atoms with E-state index in [9.17, 15) is 9.59 Å². The van der Waals surface area contributed by atoms with E-state index in [-0.39, 0.29) is 22.9 Å². The third-order valence-corrected chi connectivity index (χ3v) is 5.69. The topological polar surface area (TPSA) is 80.3 Å². The van der Waals surface area contributed by atoms with Gasteiger partial charge in [0.05, 0.1) is 32.5 Å². The minimum atomic E-state index is -0.623. The number of esters is 1. The van der Waals surface area contributed by atoms with E-state index in [2.05, 4.69) is 0 Å². The van der Waals surface area contributed by atoms with E-state index in [1.54, 1.807) is 19.1 Å². The third kappa shape index (κ3) is 3.92. The predicted molar refractivity (Wildman–Crippen MR) is 119 cm³/mol. The molecule has 0 amide bonds. The number of ketones is 1. The van der Waals surface area contributed by atoms with Gasteiger partial charge >= 0.3 is 5.97 Å². The molecule has 0 saturated carbocycles. The SMILES string of the molecule is COc1cc(C(=O)Oc2cc(C)c3c(c2)O/C(=C\c2cccs2)C3=O)cc(OC)c1OC. The molecule has 7 nitrogen and oxygen atoms in total. The maximum absolute atomic E-state index is 12.8. The first-order valence-corrected chi connectivity index (χ1v) is 10.5. The van der Waals surface area contributed by atoms with E-state index in [1.807, 2.05) is 17.5 Å². The van der Waals surface area contributed by atoms with Crippen LogP contribution >= 0.6 is 11.3 Å². The van der Waals surface area contributed by atoms with Crippen molar-refractivity contribution in [2.24, 2.45) is 0 Å². The maximum Gasteiger partial charge on any atom is 0.343 e. The van der Waals surface area contributed by atoms with Crippen molar-refractivity contribution in [3.05, 3.63) is 69.1 Å². The van der Waals surface area contributed by atoms with Crippen molar-refractivity contribution in [3.63, 3.8) is 0 Å². The number of carbonyl (C=O) groups excluding carboxylic acids is 2. The summed E-state index contributed by atoms with van der Waals surface area (Å²) in [7, 11) is 4.41. The lowest BCUT2D eigenvalue weighted by atomic mass is 10.0. The summed E-state index contributed by atoms with van der Waals surface area (Å²) in [5.41, 5.74) is 1.32. The Bertz CT molecular complexity index is 1200. The fourth-order valence-corrected chi connectivity index (χ4v) is 4.05. The number of methoxy groups -OCH3 is 3. The van der Waals surface area contributed by atoms with Crippen LogP contribution in [-0.2, 0) is 0 Å². The normalized spacial score (nSPS) is 13.5. The zero-order chi connectivity index (χ0) is 22.8. The minimum absolute atomic E-state index is 0.201. The summed E-state index contributed by atoms with van der Waals surface area (Å²) in [6.07, 6.45) is 1.70. The molecule has 164 valence electrons. The molecule has 3 aromatic rings. The van der Waals surface area contributed by atoms with E-state index < -0.39 is 5.97 Å². The van der Waals surface area contributed by atoms with Gasteiger partial charge in [-0.1, -0.05) is 6.07 Å². The fraction of sp³-hybridized carbons (Fsp3) is 0.167. The Morgan fingerprint density at radius 2 is 1.75 bits per heavy atom. The number of carbonyl (C=O) groups is 2. The Kier molecular flexibility index (Phi) is 5.87. The highest BCUT2D eigenvalue weighted by molar-refractivity contribution is 7.10. The molecule has 2 aromatic carbocycles. The van der Waals surface area contributed by atoms with Crippen molar-refractivity contribution >= 4 is 29.2 Å². The predicted octanol–water partition coefficient (Wildman–Crippen LogP) is 4.92. The summed E-state index contributed by atoms with van der Waals surface area (Å²) in [5, 5.41) is 1.92.